The van der Waals surface area contributed by atoms with Crippen LogP contribution < -0.4 is 10.1 Å². The lowest BCUT2D eigenvalue weighted by Gasteiger charge is -2.28. The highest BCUT2D eigenvalue weighted by Gasteiger charge is 2.26. The van der Waals surface area contributed by atoms with Gasteiger partial charge in [0.25, 0.3) is 0 Å². The fraction of sp³-hybridized carbons (Fsp3) is 0.179. The molecule has 1 heterocycles. The number of likely N-dealkylation sites (N-methyl/N-ethyl adjacent to an activating group) is 1. The van der Waals surface area contributed by atoms with Crippen molar-refractivity contribution in [3.8, 4) is 17.0 Å². The summed E-state index contributed by atoms with van der Waals surface area (Å²) in [6, 6.07) is 28.1. The van der Waals surface area contributed by atoms with Gasteiger partial charge in [-0.15, -0.1) is 0 Å². The van der Waals surface area contributed by atoms with E-state index in [1.165, 1.54) is 11.1 Å². The Bertz CT molecular complexity index is 1240. The van der Waals surface area contributed by atoms with E-state index in [1.807, 2.05) is 91.0 Å². The number of aliphatic hydroxyl groups excluding tert-OH is 1. The molecule has 4 aromatic rings. The highest BCUT2D eigenvalue weighted by Crippen LogP contribution is 2.29. The van der Waals surface area contributed by atoms with E-state index in [2.05, 4.69) is 15.3 Å². The van der Waals surface area contributed by atoms with Crippen LogP contribution in [0.3, 0.4) is 0 Å². The summed E-state index contributed by atoms with van der Waals surface area (Å²) in [5.74, 6) is 0.661. The quantitative estimate of drug-likeness (QED) is 0.364. The van der Waals surface area contributed by atoms with Gasteiger partial charge in [-0.05, 0) is 18.1 Å². The van der Waals surface area contributed by atoms with Crippen molar-refractivity contribution >= 4 is 12.0 Å². The standard InChI is InChI=1S/C28H28N4O3/c1-20(26(33)23-16-10-5-11-17-23)32(2)28(34)35-24-19-30-27(29-18-21-12-6-3-7-13-21)31-25(24)22-14-8-4-9-15-22/h3-17,19-20,26,33H,18H2,1-2H3,(H,29,30,31). The van der Waals surface area contributed by atoms with Crippen LogP contribution in [0.2, 0.25) is 0 Å². The van der Waals surface area contributed by atoms with E-state index in [1.54, 1.807) is 14.0 Å². The number of nitrogens with one attached hydrogen (secondary N) is 1. The molecule has 2 atom stereocenters. The van der Waals surface area contributed by atoms with E-state index in [0.717, 1.165) is 16.7 Å². The number of hydrogen-bond donors (Lipinski definition) is 2. The zero-order chi connectivity index (χ0) is 24.6. The first-order valence-electron chi connectivity index (χ1n) is 11.4. The molecule has 1 aromatic heterocycles. The van der Waals surface area contributed by atoms with Crippen LogP contribution in [0.4, 0.5) is 10.7 Å². The number of aromatic nitrogens is 2. The lowest BCUT2D eigenvalue weighted by Crippen LogP contribution is -2.40. The SMILES string of the molecule is CC(C(O)c1ccccc1)N(C)C(=O)Oc1cnc(NCc2ccccc2)nc1-c1ccccc1. The van der Waals surface area contributed by atoms with Gasteiger partial charge in [0.2, 0.25) is 5.95 Å². The van der Waals surface area contributed by atoms with Crippen molar-refractivity contribution < 1.29 is 14.6 Å². The number of benzene rings is 3. The Morgan fingerprint density at radius 1 is 0.971 bits per heavy atom. The number of hydrogen-bond acceptors (Lipinski definition) is 6. The minimum absolute atomic E-state index is 0.236. The van der Waals surface area contributed by atoms with Gasteiger partial charge in [0, 0.05) is 19.2 Å². The number of carbonyl (C=O) groups excluding carboxylic acids is 1. The molecule has 2 N–H and O–H groups in total. The molecule has 0 radical (unpaired) electrons. The highest BCUT2D eigenvalue weighted by atomic mass is 16.6. The Kier molecular flexibility index (Phi) is 7.70. The van der Waals surface area contributed by atoms with Gasteiger partial charge >= 0.3 is 6.09 Å². The second kappa shape index (κ2) is 11.3. The summed E-state index contributed by atoms with van der Waals surface area (Å²) in [7, 11) is 1.60. The van der Waals surface area contributed by atoms with Gasteiger partial charge < -0.3 is 20.1 Å². The Labute approximate surface area is 205 Å². The minimum atomic E-state index is -0.858. The molecule has 0 fully saturated rings. The minimum Gasteiger partial charge on any atom is -0.406 e. The fourth-order valence-corrected chi connectivity index (χ4v) is 3.58. The molecule has 0 spiro atoms. The molecule has 0 saturated carbocycles. The predicted molar refractivity (Wildman–Crippen MR) is 136 cm³/mol. The smallest absolute Gasteiger partial charge is 0.406 e. The lowest BCUT2D eigenvalue weighted by molar-refractivity contribution is 0.0707. The number of ether oxygens (including phenoxy) is 1. The topological polar surface area (TPSA) is 87.6 Å². The van der Waals surface area contributed by atoms with Crippen LogP contribution in [0.15, 0.2) is 97.2 Å². The summed E-state index contributed by atoms with van der Waals surface area (Å²) >= 11 is 0. The third-order valence-corrected chi connectivity index (χ3v) is 5.79. The van der Waals surface area contributed by atoms with Crippen molar-refractivity contribution in [2.75, 3.05) is 12.4 Å². The molecule has 0 aliphatic heterocycles. The first kappa shape index (κ1) is 23.9. The van der Waals surface area contributed by atoms with E-state index >= 15 is 0 Å². The van der Waals surface area contributed by atoms with Crippen molar-refractivity contribution in [2.45, 2.75) is 25.6 Å². The van der Waals surface area contributed by atoms with Crippen molar-refractivity contribution in [1.82, 2.24) is 14.9 Å². The van der Waals surface area contributed by atoms with E-state index in [-0.39, 0.29) is 5.75 Å². The van der Waals surface area contributed by atoms with Gasteiger partial charge in [-0.1, -0.05) is 91.0 Å². The summed E-state index contributed by atoms with van der Waals surface area (Å²) in [5, 5.41) is 13.9. The van der Waals surface area contributed by atoms with E-state index in [9.17, 15) is 9.90 Å². The number of amides is 1. The van der Waals surface area contributed by atoms with Crippen LogP contribution >= 0.6 is 0 Å². The normalized spacial score (nSPS) is 12.4. The molecule has 0 bridgehead atoms. The van der Waals surface area contributed by atoms with Gasteiger partial charge in [-0.25, -0.2) is 14.8 Å². The maximum Gasteiger partial charge on any atom is 0.415 e. The van der Waals surface area contributed by atoms with Crippen LogP contribution in [-0.4, -0.2) is 39.2 Å². The number of anilines is 1. The second-order valence-electron chi connectivity index (χ2n) is 8.19. The highest BCUT2D eigenvalue weighted by molar-refractivity contribution is 5.75. The molecule has 178 valence electrons. The van der Waals surface area contributed by atoms with E-state index in [0.29, 0.717) is 18.2 Å². The molecule has 1 amide bonds. The maximum atomic E-state index is 13.0. The Morgan fingerprint density at radius 2 is 1.57 bits per heavy atom. The summed E-state index contributed by atoms with van der Waals surface area (Å²) in [6.07, 6.45) is 0.0218. The van der Waals surface area contributed by atoms with E-state index in [4.69, 9.17) is 4.74 Å². The first-order chi connectivity index (χ1) is 17.0. The molecule has 2 unspecified atom stereocenters. The molecule has 35 heavy (non-hydrogen) atoms. The molecule has 7 heteroatoms. The van der Waals surface area contributed by atoms with Gasteiger partial charge in [-0.2, -0.15) is 0 Å². The summed E-state index contributed by atoms with van der Waals surface area (Å²) < 4.78 is 5.71. The second-order valence-corrected chi connectivity index (χ2v) is 8.19. The number of carbonyl (C=O) groups is 1. The van der Waals surface area contributed by atoms with Gasteiger partial charge in [0.05, 0.1) is 18.3 Å². The summed E-state index contributed by atoms with van der Waals surface area (Å²) in [4.78, 5) is 23.3. The average Bonchev–Trinajstić information content (AvgIpc) is 2.92. The molecule has 4 rings (SSSR count). The Hall–Kier alpha value is -4.23. The zero-order valence-electron chi connectivity index (χ0n) is 19.7. The molecule has 3 aromatic carbocycles. The zero-order valence-corrected chi connectivity index (χ0v) is 19.7. The number of nitrogens with zero attached hydrogens (tertiary/aromatic N) is 3. The molecular formula is C28H28N4O3. The monoisotopic (exact) mass is 468 g/mol. The van der Waals surface area contributed by atoms with Crippen LogP contribution in [-0.2, 0) is 6.54 Å². The summed E-state index contributed by atoms with van der Waals surface area (Å²) in [5.41, 5.74) is 3.11. The third-order valence-electron chi connectivity index (χ3n) is 5.79. The lowest BCUT2D eigenvalue weighted by atomic mass is 10.0. The molecular weight excluding hydrogens is 440 g/mol. The molecule has 0 saturated heterocycles. The van der Waals surface area contributed by atoms with Crippen LogP contribution in [0.25, 0.3) is 11.3 Å². The first-order valence-corrected chi connectivity index (χ1v) is 11.4. The van der Waals surface area contributed by atoms with Crippen LogP contribution in [0.1, 0.15) is 24.2 Å². The van der Waals surface area contributed by atoms with Crippen molar-refractivity contribution in [2.24, 2.45) is 0 Å². The predicted octanol–water partition coefficient (Wildman–Crippen LogP) is 5.31. The average molecular weight is 469 g/mol. The number of rotatable bonds is 8. The molecule has 0 aliphatic rings. The van der Waals surface area contributed by atoms with Crippen molar-refractivity contribution in [3.05, 3.63) is 108 Å². The maximum absolute atomic E-state index is 13.0. The van der Waals surface area contributed by atoms with E-state index < -0.39 is 18.2 Å². The Balaban J connectivity index is 1.53. The van der Waals surface area contributed by atoms with Gasteiger partial charge in [0.1, 0.15) is 5.69 Å². The third kappa shape index (κ3) is 6.02. The van der Waals surface area contributed by atoms with Gasteiger partial charge in [0.15, 0.2) is 5.75 Å². The van der Waals surface area contributed by atoms with Crippen molar-refractivity contribution in [1.29, 1.82) is 0 Å². The van der Waals surface area contributed by atoms with Crippen molar-refractivity contribution in [3.63, 3.8) is 0 Å². The van der Waals surface area contributed by atoms with Gasteiger partial charge in [-0.3, -0.25) is 0 Å². The molecule has 0 aliphatic carbocycles. The molecule has 7 nitrogen and oxygen atoms in total. The fourth-order valence-electron chi connectivity index (χ4n) is 3.58. The Morgan fingerprint density at radius 3 is 2.23 bits per heavy atom. The largest absolute Gasteiger partial charge is 0.415 e. The van der Waals surface area contributed by atoms with Crippen LogP contribution in [0, 0.1) is 0 Å². The summed E-state index contributed by atoms with van der Waals surface area (Å²) in [6.45, 7) is 2.33. The number of aliphatic hydroxyl groups is 1. The van der Waals surface area contributed by atoms with Crippen LogP contribution in [0.5, 0.6) is 5.75 Å².